The van der Waals surface area contributed by atoms with E-state index in [2.05, 4.69) is 49.8 Å². The van der Waals surface area contributed by atoms with Gasteiger partial charge in [0.05, 0.1) is 0 Å². The fourth-order valence-electron chi connectivity index (χ4n) is 4.42. The molecule has 1 aromatic carbocycles. The third-order valence-corrected chi connectivity index (χ3v) is 6.29. The molecule has 0 saturated carbocycles. The maximum absolute atomic E-state index is 12.4. The van der Waals surface area contributed by atoms with Gasteiger partial charge in [0.15, 0.2) is 5.96 Å². The average Bonchev–Trinajstić information content (AvgIpc) is 3.49. The normalized spacial score (nSPS) is 18.4. The van der Waals surface area contributed by atoms with E-state index < -0.39 is 0 Å². The number of nitrogens with zero attached hydrogens (tertiary/aromatic N) is 4. The summed E-state index contributed by atoms with van der Waals surface area (Å²) in [6.45, 7) is 5.20. The van der Waals surface area contributed by atoms with E-state index in [4.69, 9.17) is 0 Å². The highest BCUT2D eigenvalue weighted by molar-refractivity contribution is 14.0. The molecular weight excluding hydrogens is 527 g/mol. The van der Waals surface area contributed by atoms with Crippen LogP contribution in [-0.2, 0) is 17.8 Å². The van der Waals surface area contributed by atoms with E-state index in [0.717, 1.165) is 56.5 Å². The lowest BCUT2D eigenvalue weighted by molar-refractivity contribution is -0.127. The number of hydrogen-bond donors (Lipinski definition) is 2. The van der Waals surface area contributed by atoms with Crippen molar-refractivity contribution in [3.63, 3.8) is 0 Å². The average molecular weight is 563 g/mol. The van der Waals surface area contributed by atoms with Crippen LogP contribution in [0.4, 0.5) is 5.82 Å². The molecule has 2 aliphatic rings. The maximum atomic E-state index is 12.4. The molecule has 178 valence electrons. The molecule has 3 heterocycles. The number of halogens is 1. The molecule has 2 aliphatic heterocycles. The second-order valence-electron chi connectivity index (χ2n) is 8.67. The largest absolute Gasteiger partial charge is 0.357 e. The van der Waals surface area contributed by atoms with E-state index in [1.165, 1.54) is 18.4 Å². The van der Waals surface area contributed by atoms with E-state index in [-0.39, 0.29) is 29.9 Å². The van der Waals surface area contributed by atoms with Crippen LogP contribution in [0.15, 0.2) is 53.7 Å². The Kier molecular flexibility index (Phi) is 9.77. The minimum atomic E-state index is 0. The van der Waals surface area contributed by atoms with Crippen molar-refractivity contribution in [1.82, 2.24) is 20.5 Å². The summed E-state index contributed by atoms with van der Waals surface area (Å²) >= 11 is 0. The number of likely N-dealkylation sites (tertiary alicyclic amines) is 1. The number of benzene rings is 1. The number of rotatable bonds is 8. The van der Waals surface area contributed by atoms with Gasteiger partial charge in [-0.3, -0.25) is 9.79 Å². The van der Waals surface area contributed by atoms with E-state index in [9.17, 15) is 4.79 Å². The molecule has 1 aromatic heterocycles. The van der Waals surface area contributed by atoms with Gasteiger partial charge < -0.3 is 20.4 Å². The molecule has 8 heteroatoms. The van der Waals surface area contributed by atoms with Gasteiger partial charge in [0.2, 0.25) is 5.91 Å². The molecule has 1 amide bonds. The van der Waals surface area contributed by atoms with Crippen LogP contribution in [0.5, 0.6) is 0 Å². The molecule has 2 fully saturated rings. The summed E-state index contributed by atoms with van der Waals surface area (Å²) in [4.78, 5) is 25.7. The lowest BCUT2D eigenvalue weighted by Crippen LogP contribution is -2.40. The second-order valence-corrected chi connectivity index (χ2v) is 8.67. The first kappa shape index (κ1) is 25.3. The van der Waals surface area contributed by atoms with Crippen molar-refractivity contribution in [2.24, 2.45) is 10.9 Å². The first-order chi connectivity index (χ1) is 15.7. The summed E-state index contributed by atoms with van der Waals surface area (Å²) in [6, 6.07) is 14.6. The van der Waals surface area contributed by atoms with Gasteiger partial charge in [-0.25, -0.2) is 4.98 Å². The summed E-state index contributed by atoms with van der Waals surface area (Å²) in [5, 5.41) is 6.74. The van der Waals surface area contributed by atoms with Crippen LogP contribution in [0.25, 0.3) is 0 Å². The standard InChI is InChI=1S/C25H34N6O.HI/c1-26-25(28-17-21-9-10-23(27-16-21)30-12-5-6-13-30)29-18-22-15-24(32)31(19-22)14-11-20-7-3-2-4-8-20;/h2-4,7-10,16,22H,5-6,11-15,17-19H2,1H3,(H2,26,28,29);1H. The molecule has 2 aromatic rings. The molecule has 0 aliphatic carbocycles. The lowest BCUT2D eigenvalue weighted by atomic mass is 10.1. The highest BCUT2D eigenvalue weighted by Crippen LogP contribution is 2.18. The highest BCUT2D eigenvalue weighted by atomic mass is 127. The number of amides is 1. The number of carbonyl (C=O) groups excluding carboxylic acids is 1. The van der Waals surface area contributed by atoms with Gasteiger partial charge in [0, 0.05) is 64.9 Å². The minimum Gasteiger partial charge on any atom is -0.357 e. The third-order valence-electron chi connectivity index (χ3n) is 6.29. The summed E-state index contributed by atoms with van der Waals surface area (Å²) in [5.74, 6) is 2.37. The summed E-state index contributed by atoms with van der Waals surface area (Å²) < 4.78 is 0. The Morgan fingerprint density at radius 2 is 1.88 bits per heavy atom. The first-order valence-corrected chi connectivity index (χ1v) is 11.7. The SMILES string of the molecule is CN=C(NCc1ccc(N2CCCC2)nc1)NCC1CC(=O)N(CCc2ccccc2)C1.I. The van der Waals surface area contributed by atoms with Crippen LogP contribution in [-0.4, -0.2) is 61.5 Å². The zero-order chi connectivity index (χ0) is 22.2. The fraction of sp³-hybridized carbons (Fsp3) is 0.480. The Balaban J connectivity index is 0.00000306. The van der Waals surface area contributed by atoms with Crippen molar-refractivity contribution in [1.29, 1.82) is 0 Å². The number of carbonyl (C=O) groups is 1. The van der Waals surface area contributed by atoms with Crippen molar-refractivity contribution >= 4 is 41.7 Å². The van der Waals surface area contributed by atoms with Crippen molar-refractivity contribution < 1.29 is 4.79 Å². The molecule has 4 rings (SSSR count). The van der Waals surface area contributed by atoms with Gasteiger partial charge in [-0.15, -0.1) is 24.0 Å². The topological polar surface area (TPSA) is 72.9 Å². The molecule has 0 bridgehead atoms. The molecule has 7 nitrogen and oxygen atoms in total. The van der Waals surface area contributed by atoms with Gasteiger partial charge >= 0.3 is 0 Å². The van der Waals surface area contributed by atoms with E-state index in [0.29, 0.717) is 18.9 Å². The summed E-state index contributed by atoms with van der Waals surface area (Å²) in [6.07, 6.45) is 5.95. The fourth-order valence-corrected chi connectivity index (χ4v) is 4.42. The molecule has 33 heavy (non-hydrogen) atoms. The Morgan fingerprint density at radius 1 is 1.09 bits per heavy atom. The molecule has 2 saturated heterocycles. The number of aromatic nitrogens is 1. The van der Waals surface area contributed by atoms with E-state index in [1.807, 2.05) is 29.3 Å². The number of guanidine groups is 1. The van der Waals surface area contributed by atoms with Crippen LogP contribution in [0.1, 0.15) is 30.4 Å². The molecular formula is C25H35IN6O. The summed E-state index contributed by atoms with van der Waals surface area (Å²) in [7, 11) is 1.77. The third kappa shape index (κ3) is 7.31. The van der Waals surface area contributed by atoms with Crippen molar-refractivity contribution in [3.05, 3.63) is 59.8 Å². The smallest absolute Gasteiger partial charge is 0.223 e. The van der Waals surface area contributed by atoms with Crippen LogP contribution < -0.4 is 15.5 Å². The van der Waals surface area contributed by atoms with E-state index in [1.54, 1.807) is 7.05 Å². The van der Waals surface area contributed by atoms with Crippen LogP contribution >= 0.6 is 24.0 Å². The quantitative estimate of drug-likeness (QED) is 0.294. The van der Waals surface area contributed by atoms with Crippen LogP contribution in [0.2, 0.25) is 0 Å². The van der Waals surface area contributed by atoms with Crippen molar-refractivity contribution in [2.75, 3.05) is 44.7 Å². The monoisotopic (exact) mass is 562 g/mol. The summed E-state index contributed by atoms with van der Waals surface area (Å²) in [5.41, 5.74) is 2.40. The predicted octanol–water partition coefficient (Wildman–Crippen LogP) is 3.06. The highest BCUT2D eigenvalue weighted by Gasteiger charge is 2.29. The molecule has 0 spiro atoms. The Hall–Kier alpha value is -2.36. The first-order valence-electron chi connectivity index (χ1n) is 11.7. The van der Waals surface area contributed by atoms with Crippen molar-refractivity contribution in [2.45, 2.75) is 32.2 Å². The van der Waals surface area contributed by atoms with Crippen LogP contribution in [0.3, 0.4) is 0 Å². The van der Waals surface area contributed by atoms with Gasteiger partial charge in [0.1, 0.15) is 5.82 Å². The molecule has 2 N–H and O–H groups in total. The molecule has 0 radical (unpaired) electrons. The zero-order valence-corrected chi connectivity index (χ0v) is 21.7. The minimum absolute atomic E-state index is 0. The van der Waals surface area contributed by atoms with Gasteiger partial charge in [-0.05, 0) is 36.5 Å². The van der Waals surface area contributed by atoms with Gasteiger partial charge in [-0.1, -0.05) is 36.4 Å². The number of pyridine rings is 1. The maximum Gasteiger partial charge on any atom is 0.223 e. The van der Waals surface area contributed by atoms with Gasteiger partial charge in [0.25, 0.3) is 0 Å². The second kappa shape index (κ2) is 12.8. The Bertz CT molecular complexity index is 899. The van der Waals surface area contributed by atoms with Crippen molar-refractivity contribution in [3.8, 4) is 0 Å². The number of aliphatic imine (C=N–C) groups is 1. The lowest BCUT2D eigenvalue weighted by Gasteiger charge is -2.18. The van der Waals surface area contributed by atoms with Gasteiger partial charge in [-0.2, -0.15) is 0 Å². The Morgan fingerprint density at radius 3 is 2.58 bits per heavy atom. The predicted molar refractivity (Wildman–Crippen MR) is 144 cm³/mol. The molecule has 1 atom stereocenters. The number of nitrogens with one attached hydrogen (secondary N) is 2. The van der Waals surface area contributed by atoms with Crippen LogP contribution in [0, 0.1) is 5.92 Å². The van der Waals surface area contributed by atoms with E-state index >= 15 is 0 Å². The number of hydrogen-bond acceptors (Lipinski definition) is 4. The zero-order valence-electron chi connectivity index (χ0n) is 19.4. The number of anilines is 1. The molecule has 1 unspecified atom stereocenters. The Labute approximate surface area is 214 Å².